The first-order valence-corrected chi connectivity index (χ1v) is 3.73. The van der Waals surface area contributed by atoms with Gasteiger partial charge in [0.25, 0.3) is 5.91 Å². The number of amides is 1. The van der Waals surface area contributed by atoms with E-state index in [-0.39, 0.29) is 11.9 Å². The third-order valence-electron chi connectivity index (χ3n) is 1.80. The maximum atomic E-state index is 11.1. The zero-order valence-corrected chi connectivity index (χ0v) is 6.37. The predicted octanol–water partition coefficient (Wildman–Crippen LogP) is -0.133. The van der Waals surface area contributed by atoms with Gasteiger partial charge in [0.05, 0.1) is 0 Å². The van der Waals surface area contributed by atoms with E-state index in [0.29, 0.717) is 0 Å². The second kappa shape index (κ2) is 2.92. The second-order valence-corrected chi connectivity index (χ2v) is 2.60. The third kappa shape index (κ3) is 1.17. The Balaban J connectivity index is 2.25. The predicted molar refractivity (Wildman–Crippen MR) is 43.6 cm³/mol. The Hall–Kier alpha value is -1.39. The van der Waals surface area contributed by atoms with Gasteiger partial charge in [-0.15, -0.1) is 0 Å². The van der Waals surface area contributed by atoms with E-state index in [0.717, 1.165) is 5.56 Å². The van der Waals surface area contributed by atoms with Gasteiger partial charge in [-0.2, -0.15) is 5.53 Å². The monoisotopic (exact) mass is 163 g/mol. The van der Waals surface area contributed by atoms with Gasteiger partial charge >= 0.3 is 0 Å². The standard InChI is InChI=1S/C8H9N3O/c12-8-7(9-11-10-8)6-4-2-1-3-5-6/h1-5,7,9,11H,(H,10,12). The number of nitrogens with one attached hydrogen (secondary N) is 3. The summed E-state index contributed by atoms with van der Waals surface area (Å²) in [6.45, 7) is 0. The van der Waals surface area contributed by atoms with Gasteiger partial charge in [-0.05, 0) is 5.56 Å². The Kier molecular flexibility index (Phi) is 1.77. The van der Waals surface area contributed by atoms with Gasteiger partial charge in [-0.3, -0.25) is 10.2 Å². The summed E-state index contributed by atoms with van der Waals surface area (Å²) in [6.07, 6.45) is 0. The SMILES string of the molecule is O=C1NNNC1c1ccccc1. The van der Waals surface area contributed by atoms with Crippen LogP contribution in [0.5, 0.6) is 0 Å². The number of rotatable bonds is 1. The molecule has 1 unspecified atom stereocenters. The van der Waals surface area contributed by atoms with Crippen LogP contribution in [-0.4, -0.2) is 5.91 Å². The molecule has 62 valence electrons. The smallest absolute Gasteiger partial charge is 0.258 e. The molecule has 1 aromatic carbocycles. The van der Waals surface area contributed by atoms with Gasteiger partial charge in [-0.25, -0.2) is 5.43 Å². The van der Waals surface area contributed by atoms with Gasteiger partial charge in [0.2, 0.25) is 0 Å². The largest absolute Gasteiger partial charge is 0.276 e. The van der Waals surface area contributed by atoms with E-state index >= 15 is 0 Å². The van der Waals surface area contributed by atoms with Crippen LogP contribution in [0.4, 0.5) is 0 Å². The van der Waals surface area contributed by atoms with Crippen LogP contribution in [0.15, 0.2) is 30.3 Å². The highest BCUT2D eigenvalue weighted by molar-refractivity contribution is 5.84. The molecule has 0 saturated carbocycles. The topological polar surface area (TPSA) is 53.2 Å². The molecule has 3 N–H and O–H groups in total. The van der Waals surface area contributed by atoms with Crippen molar-refractivity contribution >= 4 is 5.91 Å². The summed E-state index contributed by atoms with van der Waals surface area (Å²) in [6, 6.07) is 9.27. The number of benzene rings is 1. The Labute approximate surface area is 69.9 Å². The maximum Gasteiger partial charge on any atom is 0.258 e. The zero-order valence-electron chi connectivity index (χ0n) is 6.37. The number of carbonyl (C=O) groups is 1. The minimum absolute atomic E-state index is 0.0544. The van der Waals surface area contributed by atoms with Crippen molar-refractivity contribution in [1.82, 2.24) is 16.4 Å². The Bertz CT molecular complexity index is 286. The van der Waals surface area contributed by atoms with E-state index in [2.05, 4.69) is 16.4 Å². The van der Waals surface area contributed by atoms with Crippen LogP contribution < -0.4 is 16.4 Å². The number of hydrogen-bond donors (Lipinski definition) is 3. The molecular formula is C8H9N3O. The van der Waals surface area contributed by atoms with Gasteiger partial charge in [0.1, 0.15) is 6.04 Å². The first-order valence-electron chi connectivity index (χ1n) is 3.73. The summed E-state index contributed by atoms with van der Waals surface area (Å²) in [5, 5.41) is 0. The summed E-state index contributed by atoms with van der Waals surface area (Å²) in [5.74, 6) is -0.0544. The van der Waals surface area contributed by atoms with E-state index in [9.17, 15) is 4.79 Å². The lowest BCUT2D eigenvalue weighted by molar-refractivity contribution is -0.120. The van der Waals surface area contributed by atoms with E-state index in [1.54, 1.807) is 0 Å². The van der Waals surface area contributed by atoms with Crippen molar-refractivity contribution in [3.05, 3.63) is 35.9 Å². The summed E-state index contributed by atoms with van der Waals surface area (Å²) < 4.78 is 0. The average Bonchev–Trinajstić information content (AvgIpc) is 2.53. The molecule has 0 radical (unpaired) electrons. The molecule has 12 heavy (non-hydrogen) atoms. The first kappa shape index (κ1) is 7.27. The number of hydrazine groups is 2. The van der Waals surface area contributed by atoms with Crippen LogP contribution in [0, 0.1) is 0 Å². The molecule has 1 fully saturated rings. The van der Waals surface area contributed by atoms with Gasteiger partial charge < -0.3 is 0 Å². The van der Waals surface area contributed by atoms with Crippen molar-refractivity contribution in [2.75, 3.05) is 0 Å². The highest BCUT2D eigenvalue weighted by Gasteiger charge is 2.24. The molecule has 2 rings (SSSR count). The molecule has 0 spiro atoms. The molecule has 1 atom stereocenters. The minimum atomic E-state index is -0.272. The molecule has 4 nitrogen and oxygen atoms in total. The lowest BCUT2D eigenvalue weighted by Crippen LogP contribution is -2.31. The van der Waals surface area contributed by atoms with E-state index in [1.165, 1.54) is 0 Å². The molecule has 1 amide bonds. The van der Waals surface area contributed by atoms with Crippen LogP contribution in [0.3, 0.4) is 0 Å². The van der Waals surface area contributed by atoms with Crippen molar-refractivity contribution in [3.8, 4) is 0 Å². The Morgan fingerprint density at radius 1 is 1.17 bits per heavy atom. The average molecular weight is 163 g/mol. The summed E-state index contributed by atoms with van der Waals surface area (Å²) in [4.78, 5) is 11.1. The quantitative estimate of drug-likeness (QED) is 0.540. The molecule has 0 aromatic heterocycles. The van der Waals surface area contributed by atoms with Crippen LogP contribution in [0.25, 0.3) is 0 Å². The Morgan fingerprint density at radius 2 is 1.92 bits per heavy atom. The maximum absolute atomic E-state index is 11.1. The molecule has 0 bridgehead atoms. The lowest BCUT2D eigenvalue weighted by atomic mass is 10.1. The fraction of sp³-hybridized carbons (Fsp3) is 0.125. The van der Waals surface area contributed by atoms with Crippen molar-refractivity contribution in [3.63, 3.8) is 0 Å². The molecule has 1 aliphatic rings. The summed E-state index contributed by atoms with van der Waals surface area (Å²) in [5.41, 5.74) is 8.81. The molecule has 1 heterocycles. The van der Waals surface area contributed by atoms with Crippen molar-refractivity contribution in [2.24, 2.45) is 0 Å². The second-order valence-electron chi connectivity index (χ2n) is 2.60. The van der Waals surface area contributed by atoms with Crippen LogP contribution >= 0.6 is 0 Å². The van der Waals surface area contributed by atoms with Crippen molar-refractivity contribution in [1.29, 1.82) is 0 Å². The van der Waals surface area contributed by atoms with E-state index < -0.39 is 0 Å². The van der Waals surface area contributed by atoms with Crippen LogP contribution in [0.2, 0.25) is 0 Å². The fourth-order valence-electron chi connectivity index (χ4n) is 1.19. The first-order chi connectivity index (χ1) is 5.88. The van der Waals surface area contributed by atoms with Crippen molar-refractivity contribution in [2.45, 2.75) is 6.04 Å². The van der Waals surface area contributed by atoms with E-state index in [1.807, 2.05) is 30.3 Å². The van der Waals surface area contributed by atoms with Crippen LogP contribution in [0.1, 0.15) is 11.6 Å². The van der Waals surface area contributed by atoms with Gasteiger partial charge in [0, 0.05) is 0 Å². The summed E-state index contributed by atoms with van der Waals surface area (Å²) >= 11 is 0. The third-order valence-corrected chi connectivity index (χ3v) is 1.80. The number of carbonyl (C=O) groups excluding carboxylic acids is 1. The molecular weight excluding hydrogens is 154 g/mol. The Morgan fingerprint density at radius 3 is 2.50 bits per heavy atom. The van der Waals surface area contributed by atoms with E-state index in [4.69, 9.17) is 0 Å². The number of hydrogen-bond acceptors (Lipinski definition) is 3. The zero-order chi connectivity index (χ0) is 8.39. The molecule has 1 saturated heterocycles. The van der Waals surface area contributed by atoms with Crippen molar-refractivity contribution < 1.29 is 4.79 Å². The fourth-order valence-corrected chi connectivity index (χ4v) is 1.19. The molecule has 4 heteroatoms. The lowest BCUT2D eigenvalue weighted by Gasteiger charge is -2.04. The molecule has 0 aliphatic carbocycles. The highest BCUT2D eigenvalue weighted by atomic mass is 16.2. The van der Waals surface area contributed by atoms with Gasteiger partial charge in [0.15, 0.2) is 0 Å². The molecule has 1 aromatic rings. The minimum Gasteiger partial charge on any atom is -0.276 e. The summed E-state index contributed by atoms with van der Waals surface area (Å²) in [7, 11) is 0. The van der Waals surface area contributed by atoms with Crippen LogP contribution in [-0.2, 0) is 4.79 Å². The normalized spacial score (nSPS) is 22.3. The van der Waals surface area contributed by atoms with Gasteiger partial charge in [-0.1, -0.05) is 30.3 Å². The highest BCUT2D eigenvalue weighted by Crippen LogP contribution is 2.12. The molecule has 1 aliphatic heterocycles.